The van der Waals surface area contributed by atoms with E-state index >= 15 is 0 Å². The number of nitrogens with one attached hydrogen (secondary N) is 1. The fourth-order valence-corrected chi connectivity index (χ4v) is 3.19. The van der Waals surface area contributed by atoms with Crippen molar-refractivity contribution < 1.29 is 4.39 Å². The fourth-order valence-electron chi connectivity index (χ4n) is 2.38. The van der Waals surface area contributed by atoms with E-state index in [1.165, 1.54) is 23.5 Å². The molecular formula is C14H13ClFN5S. The molecule has 0 unspecified atom stereocenters. The van der Waals surface area contributed by atoms with Crippen LogP contribution in [0, 0.1) is 5.82 Å². The number of thiazole rings is 1. The first kappa shape index (κ1) is 15.1. The smallest absolute Gasteiger partial charge is 0.183 e. The lowest BCUT2D eigenvalue weighted by Crippen LogP contribution is -2.28. The van der Waals surface area contributed by atoms with Gasteiger partial charge in [-0.25, -0.2) is 9.37 Å². The maximum atomic E-state index is 13.0. The van der Waals surface area contributed by atoms with Gasteiger partial charge < -0.3 is 9.88 Å². The molecule has 114 valence electrons. The van der Waals surface area contributed by atoms with Crippen LogP contribution in [0.5, 0.6) is 0 Å². The van der Waals surface area contributed by atoms with Crippen molar-refractivity contribution in [3.05, 3.63) is 41.3 Å². The SMILES string of the molecule is Cl.Fc1ccc(-c2nc(-c3nnc4n3CCNC4)cs2)cc1. The molecule has 0 spiro atoms. The molecule has 1 N–H and O–H groups in total. The van der Waals surface area contributed by atoms with Crippen molar-refractivity contribution in [1.29, 1.82) is 0 Å². The van der Waals surface area contributed by atoms with Gasteiger partial charge in [0.2, 0.25) is 0 Å². The van der Waals surface area contributed by atoms with E-state index in [1.807, 2.05) is 5.38 Å². The van der Waals surface area contributed by atoms with Crippen molar-refractivity contribution >= 4 is 23.7 Å². The summed E-state index contributed by atoms with van der Waals surface area (Å²) in [7, 11) is 0. The lowest BCUT2D eigenvalue weighted by atomic mass is 10.2. The molecular weight excluding hydrogens is 325 g/mol. The molecule has 1 aromatic carbocycles. The summed E-state index contributed by atoms with van der Waals surface area (Å²) < 4.78 is 15.1. The van der Waals surface area contributed by atoms with Crippen molar-refractivity contribution in [3.8, 4) is 22.1 Å². The van der Waals surface area contributed by atoms with Crippen LogP contribution in [0.1, 0.15) is 5.82 Å². The van der Waals surface area contributed by atoms with Gasteiger partial charge in [0.15, 0.2) is 5.82 Å². The molecule has 0 saturated heterocycles. The fraction of sp³-hybridized carbons (Fsp3) is 0.214. The molecule has 5 nitrogen and oxygen atoms in total. The average molecular weight is 338 g/mol. The molecule has 1 aliphatic heterocycles. The quantitative estimate of drug-likeness (QED) is 0.781. The van der Waals surface area contributed by atoms with Gasteiger partial charge >= 0.3 is 0 Å². The van der Waals surface area contributed by atoms with E-state index in [1.54, 1.807) is 12.1 Å². The number of hydrogen-bond acceptors (Lipinski definition) is 5. The predicted octanol–water partition coefficient (Wildman–Crippen LogP) is 2.73. The maximum absolute atomic E-state index is 13.0. The number of rotatable bonds is 2. The van der Waals surface area contributed by atoms with Gasteiger partial charge in [-0.15, -0.1) is 33.9 Å². The highest BCUT2D eigenvalue weighted by atomic mass is 35.5. The third-order valence-corrected chi connectivity index (χ3v) is 4.34. The molecule has 4 rings (SSSR count). The Hall–Kier alpha value is -1.83. The van der Waals surface area contributed by atoms with E-state index in [-0.39, 0.29) is 18.2 Å². The molecule has 0 bridgehead atoms. The minimum Gasteiger partial charge on any atom is -0.308 e. The molecule has 1 aliphatic rings. The highest BCUT2D eigenvalue weighted by Crippen LogP contribution is 2.28. The first-order valence-electron chi connectivity index (χ1n) is 6.66. The summed E-state index contributed by atoms with van der Waals surface area (Å²) in [6, 6.07) is 6.37. The van der Waals surface area contributed by atoms with Gasteiger partial charge in [-0.1, -0.05) is 0 Å². The van der Waals surface area contributed by atoms with Crippen LogP contribution in [-0.2, 0) is 13.1 Å². The highest BCUT2D eigenvalue weighted by Gasteiger charge is 2.18. The second-order valence-corrected chi connectivity index (χ2v) is 5.67. The van der Waals surface area contributed by atoms with Crippen LogP contribution in [0.25, 0.3) is 22.1 Å². The maximum Gasteiger partial charge on any atom is 0.183 e. The second-order valence-electron chi connectivity index (χ2n) is 4.81. The Labute approximate surface area is 136 Å². The van der Waals surface area contributed by atoms with Crippen LogP contribution in [0.3, 0.4) is 0 Å². The third kappa shape index (κ3) is 2.63. The summed E-state index contributed by atoms with van der Waals surface area (Å²) in [4.78, 5) is 4.61. The largest absolute Gasteiger partial charge is 0.308 e. The molecule has 0 radical (unpaired) electrons. The van der Waals surface area contributed by atoms with Crippen LogP contribution in [0.2, 0.25) is 0 Å². The zero-order chi connectivity index (χ0) is 14.2. The summed E-state index contributed by atoms with van der Waals surface area (Å²) in [5.74, 6) is 1.50. The number of nitrogens with zero attached hydrogens (tertiary/aromatic N) is 4. The molecule has 0 fully saturated rings. The number of hydrogen-bond donors (Lipinski definition) is 1. The molecule has 2 aromatic heterocycles. The summed E-state index contributed by atoms with van der Waals surface area (Å²) in [5, 5.41) is 14.5. The van der Waals surface area contributed by atoms with Crippen molar-refractivity contribution in [2.24, 2.45) is 0 Å². The monoisotopic (exact) mass is 337 g/mol. The average Bonchev–Trinajstić information content (AvgIpc) is 3.14. The summed E-state index contributed by atoms with van der Waals surface area (Å²) in [6.07, 6.45) is 0. The lowest BCUT2D eigenvalue weighted by Gasteiger charge is -2.15. The van der Waals surface area contributed by atoms with Crippen molar-refractivity contribution in [2.75, 3.05) is 6.54 Å². The van der Waals surface area contributed by atoms with Crippen molar-refractivity contribution in [2.45, 2.75) is 13.1 Å². The van der Waals surface area contributed by atoms with E-state index < -0.39 is 0 Å². The number of halogens is 2. The van der Waals surface area contributed by atoms with E-state index in [4.69, 9.17) is 0 Å². The molecule has 0 atom stereocenters. The molecule has 8 heteroatoms. The van der Waals surface area contributed by atoms with Gasteiger partial charge in [-0.3, -0.25) is 0 Å². The molecule has 3 heterocycles. The van der Waals surface area contributed by atoms with Gasteiger partial charge in [-0.2, -0.15) is 0 Å². The van der Waals surface area contributed by atoms with Gasteiger partial charge in [0.05, 0.1) is 6.54 Å². The van der Waals surface area contributed by atoms with Crippen molar-refractivity contribution in [1.82, 2.24) is 25.1 Å². The molecule has 0 saturated carbocycles. The van der Waals surface area contributed by atoms with Crippen LogP contribution in [0.4, 0.5) is 4.39 Å². The van der Waals surface area contributed by atoms with Gasteiger partial charge in [-0.05, 0) is 24.3 Å². The first-order chi connectivity index (χ1) is 10.3. The molecule has 22 heavy (non-hydrogen) atoms. The Kier molecular flexibility index (Phi) is 4.19. The van der Waals surface area contributed by atoms with Crippen molar-refractivity contribution in [3.63, 3.8) is 0 Å². The minimum absolute atomic E-state index is 0. The minimum atomic E-state index is -0.241. The van der Waals surface area contributed by atoms with E-state index in [2.05, 4.69) is 25.1 Å². The van der Waals surface area contributed by atoms with Gasteiger partial charge in [0.1, 0.15) is 22.3 Å². The zero-order valence-corrected chi connectivity index (χ0v) is 13.1. The summed E-state index contributed by atoms with van der Waals surface area (Å²) in [6.45, 7) is 2.50. The standard InChI is InChI=1S/C14H12FN5S.ClH/c15-10-3-1-9(2-4-10)14-17-11(8-21-14)13-19-18-12-7-16-5-6-20(12)13;/h1-4,8,16H,5-7H2;1H. The Morgan fingerprint density at radius 3 is 2.82 bits per heavy atom. The Morgan fingerprint density at radius 2 is 2.00 bits per heavy atom. The van der Waals surface area contributed by atoms with E-state index in [9.17, 15) is 4.39 Å². The summed E-state index contributed by atoms with van der Waals surface area (Å²) in [5.41, 5.74) is 1.73. The number of fused-ring (bicyclic) bond motifs is 1. The normalized spacial score (nSPS) is 13.5. The number of benzene rings is 1. The van der Waals surface area contributed by atoms with Crippen LogP contribution in [0.15, 0.2) is 29.6 Å². The zero-order valence-electron chi connectivity index (χ0n) is 11.5. The Balaban J connectivity index is 0.00000144. The van der Waals surface area contributed by atoms with Gasteiger partial charge in [0.25, 0.3) is 0 Å². The van der Waals surface area contributed by atoms with Crippen LogP contribution in [-0.4, -0.2) is 26.3 Å². The predicted molar refractivity (Wildman–Crippen MR) is 85.5 cm³/mol. The lowest BCUT2D eigenvalue weighted by molar-refractivity contribution is 0.508. The molecule has 3 aromatic rings. The third-order valence-electron chi connectivity index (χ3n) is 3.45. The van der Waals surface area contributed by atoms with Gasteiger partial charge in [0, 0.05) is 24.0 Å². The Bertz CT molecular complexity index is 783. The number of aromatic nitrogens is 4. The first-order valence-corrected chi connectivity index (χ1v) is 7.54. The van der Waals surface area contributed by atoms with E-state index in [0.29, 0.717) is 0 Å². The topological polar surface area (TPSA) is 55.6 Å². The highest BCUT2D eigenvalue weighted by molar-refractivity contribution is 7.13. The van der Waals surface area contributed by atoms with E-state index in [0.717, 1.165) is 47.5 Å². The second kappa shape index (κ2) is 6.12. The Morgan fingerprint density at radius 1 is 1.18 bits per heavy atom. The van der Waals surface area contributed by atoms with Crippen LogP contribution >= 0.6 is 23.7 Å². The van der Waals surface area contributed by atoms with Crippen LogP contribution < -0.4 is 5.32 Å². The molecule has 0 amide bonds. The summed E-state index contributed by atoms with van der Waals surface area (Å²) >= 11 is 1.53. The molecule has 0 aliphatic carbocycles.